The van der Waals surface area contributed by atoms with Gasteiger partial charge in [0.2, 0.25) is 0 Å². The van der Waals surface area contributed by atoms with Gasteiger partial charge in [-0.25, -0.2) is 0 Å². The van der Waals surface area contributed by atoms with Gasteiger partial charge in [0.25, 0.3) is 0 Å². The second-order valence-electron chi connectivity index (χ2n) is 3.07. The van der Waals surface area contributed by atoms with Crippen LogP contribution in [0.15, 0.2) is 0 Å². The maximum absolute atomic E-state index is 9.52. The van der Waals surface area contributed by atoms with E-state index < -0.39 is 5.95 Å². The molecule has 0 aliphatic heterocycles. The van der Waals surface area contributed by atoms with Gasteiger partial charge in [-0.1, -0.05) is 34.6 Å². The van der Waals surface area contributed by atoms with Crippen LogP contribution >= 0.6 is 14.9 Å². The summed E-state index contributed by atoms with van der Waals surface area (Å²) < 4.78 is 0. The molecule has 10 heavy (non-hydrogen) atoms. The molecule has 5 heteroatoms. The molecule has 0 bridgehead atoms. The van der Waals surface area contributed by atoms with Crippen molar-refractivity contribution in [1.82, 2.24) is 0 Å². The van der Waals surface area contributed by atoms with Gasteiger partial charge in [0.1, 0.15) is 0 Å². The van der Waals surface area contributed by atoms with E-state index in [1.165, 1.54) is 0 Å². The molecule has 3 N–H and O–H groups in total. The SMILES string of the molecule is CC(N)C(C)(C)P(O)(P)=S. The van der Waals surface area contributed by atoms with Gasteiger partial charge in [-0.15, -0.1) is 0 Å². The highest BCUT2D eigenvalue weighted by Gasteiger charge is 2.34. The summed E-state index contributed by atoms with van der Waals surface area (Å²) in [6.45, 7) is 5.65. The average Bonchev–Trinajstić information content (AvgIpc) is 1.62. The molecule has 0 amide bonds. The zero-order chi connectivity index (χ0) is 8.58. The molecule has 0 radical (unpaired) electrons. The molecule has 3 atom stereocenters. The number of hydrogen-bond donors (Lipinski definition) is 2. The summed E-state index contributed by atoms with van der Waals surface area (Å²) in [5.74, 6) is -2.30. The van der Waals surface area contributed by atoms with Gasteiger partial charge in [-0.2, -0.15) is 0 Å². The van der Waals surface area contributed by atoms with Crippen LogP contribution in [0.5, 0.6) is 0 Å². The van der Waals surface area contributed by atoms with E-state index in [2.05, 4.69) is 8.93 Å². The molecule has 0 aromatic heterocycles. The molecule has 3 unspecified atom stereocenters. The van der Waals surface area contributed by atoms with Crippen LogP contribution in [0.1, 0.15) is 20.8 Å². The van der Waals surface area contributed by atoms with E-state index in [1.54, 1.807) is 0 Å². The maximum Gasteiger partial charge on any atom is 0.0848 e. The van der Waals surface area contributed by atoms with Crippen molar-refractivity contribution in [2.75, 3.05) is 0 Å². The first-order valence-corrected chi connectivity index (χ1v) is 7.44. The molecule has 0 aromatic rings. The van der Waals surface area contributed by atoms with Crippen LogP contribution < -0.4 is 5.73 Å². The van der Waals surface area contributed by atoms with Crippen molar-refractivity contribution in [1.29, 1.82) is 0 Å². The zero-order valence-corrected chi connectivity index (χ0v) is 9.40. The van der Waals surface area contributed by atoms with Crippen molar-refractivity contribution >= 4 is 26.7 Å². The van der Waals surface area contributed by atoms with Crippen LogP contribution in [0.3, 0.4) is 0 Å². The normalized spacial score (nSPS) is 21.8. The molecule has 0 rings (SSSR count). The molecule has 0 spiro atoms. The highest BCUT2D eigenvalue weighted by molar-refractivity contribution is 8.40. The lowest BCUT2D eigenvalue weighted by atomic mass is 10.1. The Morgan fingerprint density at radius 3 is 2.00 bits per heavy atom. The quantitative estimate of drug-likeness (QED) is 0.659. The average molecular weight is 199 g/mol. The van der Waals surface area contributed by atoms with Crippen LogP contribution in [-0.2, 0) is 11.8 Å². The van der Waals surface area contributed by atoms with E-state index in [0.717, 1.165) is 0 Å². The third-order valence-corrected chi connectivity index (χ3v) is 7.41. The fraction of sp³-hybridized carbons (Fsp3) is 1.00. The lowest BCUT2D eigenvalue weighted by molar-refractivity contribution is 0.514. The van der Waals surface area contributed by atoms with Gasteiger partial charge >= 0.3 is 0 Å². The van der Waals surface area contributed by atoms with E-state index in [4.69, 9.17) is 17.5 Å². The summed E-state index contributed by atoms with van der Waals surface area (Å²) in [4.78, 5) is 9.52. The van der Waals surface area contributed by atoms with E-state index in [1.807, 2.05) is 20.8 Å². The van der Waals surface area contributed by atoms with Crippen LogP contribution in [0.2, 0.25) is 0 Å². The minimum atomic E-state index is -2.30. The lowest BCUT2D eigenvalue weighted by Crippen LogP contribution is -2.39. The minimum absolute atomic E-state index is 0.0687. The first kappa shape index (κ1) is 11.0. The van der Waals surface area contributed by atoms with E-state index in [9.17, 15) is 4.89 Å². The van der Waals surface area contributed by atoms with Gasteiger partial charge < -0.3 is 10.6 Å². The Hall–Kier alpha value is 1.00. The highest BCUT2D eigenvalue weighted by Crippen LogP contribution is 2.62. The third kappa shape index (κ3) is 2.25. The maximum atomic E-state index is 9.52. The van der Waals surface area contributed by atoms with Crippen LogP contribution in [-0.4, -0.2) is 16.1 Å². The first-order chi connectivity index (χ1) is 4.19. The van der Waals surface area contributed by atoms with Gasteiger partial charge in [-0.3, -0.25) is 0 Å². The molecular formula is C5H15NOP2S. The lowest BCUT2D eigenvalue weighted by Gasteiger charge is -2.34. The smallest absolute Gasteiger partial charge is 0.0848 e. The summed E-state index contributed by atoms with van der Waals surface area (Å²) >= 11 is 4.95. The van der Waals surface area contributed by atoms with E-state index in [-0.39, 0.29) is 11.2 Å². The Morgan fingerprint density at radius 1 is 1.70 bits per heavy atom. The van der Waals surface area contributed by atoms with E-state index in [0.29, 0.717) is 0 Å². The standard InChI is InChI=1S/C5H15NOP2S/c1-4(6)5(2,3)9(7,8)10/h4H,6,8H2,1-3H3,(H,7,10). The molecule has 0 saturated carbocycles. The summed E-state index contributed by atoms with van der Waals surface area (Å²) in [7, 11) is 2.33. The van der Waals surface area contributed by atoms with Crippen molar-refractivity contribution in [3.8, 4) is 0 Å². The molecule has 0 heterocycles. The van der Waals surface area contributed by atoms with Crippen LogP contribution in [0, 0.1) is 0 Å². The monoisotopic (exact) mass is 199 g/mol. The Balaban J connectivity index is 4.58. The van der Waals surface area contributed by atoms with Gasteiger partial charge in [0, 0.05) is 11.2 Å². The van der Waals surface area contributed by atoms with Gasteiger partial charge in [0.15, 0.2) is 0 Å². The Labute approximate surface area is 69.8 Å². The fourth-order valence-corrected chi connectivity index (χ4v) is 2.08. The summed E-state index contributed by atoms with van der Waals surface area (Å²) in [6.07, 6.45) is 0. The Kier molecular flexibility index (Phi) is 3.48. The molecule has 0 aromatic carbocycles. The summed E-state index contributed by atoms with van der Waals surface area (Å²) in [5.41, 5.74) is 5.64. The number of rotatable bonds is 2. The largest absolute Gasteiger partial charge is 0.362 e. The molecule has 0 aliphatic rings. The molecule has 0 aliphatic carbocycles. The first-order valence-electron chi connectivity index (χ1n) is 3.06. The van der Waals surface area contributed by atoms with Crippen molar-refractivity contribution in [2.24, 2.45) is 5.73 Å². The number of nitrogens with two attached hydrogens (primary N) is 1. The van der Waals surface area contributed by atoms with Gasteiger partial charge in [-0.05, 0) is 6.92 Å². The Bertz CT molecular complexity index is 163. The van der Waals surface area contributed by atoms with Crippen molar-refractivity contribution in [3.63, 3.8) is 0 Å². The Morgan fingerprint density at radius 2 is 2.00 bits per heavy atom. The van der Waals surface area contributed by atoms with Crippen molar-refractivity contribution < 1.29 is 4.89 Å². The summed E-state index contributed by atoms with van der Waals surface area (Å²) in [5, 5.41) is -0.340. The van der Waals surface area contributed by atoms with Crippen LogP contribution in [0.4, 0.5) is 0 Å². The molecule has 62 valence electrons. The molecule has 0 saturated heterocycles. The van der Waals surface area contributed by atoms with Gasteiger partial charge in [0.05, 0.1) is 5.95 Å². The minimum Gasteiger partial charge on any atom is -0.362 e. The third-order valence-electron chi connectivity index (χ3n) is 1.94. The second-order valence-corrected chi connectivity index (χ2v) is 10.5. The zero-order valence-electron chi connectivity index (χ0n) is 6.53. The van der Waals surface area contributed by atoms with Crippen molar-refractivity contribution in [3.05, 3.63) is 0 Å². The van der Waals surface area contributed by atoms with E-state index >= 15 is 0 Å². The second kappa shape index (κ2) is 3.16. The molecular weight excluding hydrogens is 184 g/mol. The predicted molar refractivity (Wildman–Crippen MR) is 53.9 cm³/mol. The van der Waals surface area contributed by atoms with Crippen molar-refractivity contribution in [2.45, 2.75) is 32.0 Å². The fourth-order valence-electron chi connectivity index (χ4n) is 0.292. The number of hydrogen-bond acceptors (Lipinski definition) is 2. The molecule has 0 fully saturated rings. The molecule has 2 nitrogen and oxygen atoms in total. The van der Waals surface area contributed by atoms with Crippen LogP contribution in [0.25, 0.3) is 0 Å². The summed E-state index contributed by atoms with van der Waals surface area (Å²) in [6, 6.07) is -0.0687. The predicted octanol–water partition coefficient (Wildman–Crippen LogP) is 1.29. The topological polar surface area (TPSA) is 46.2 Å². The highest BCUT2D eigenvalue weighted by atomic mass is 32.6.